The van der Waals surface area contributed by atoms with Gasteiger partial charge in [0.25, 0.3) is 0 Å². The summed E-state index contributed by atoms with van der Waals surface area (Å²) in [6, 6.07) is 21.6. The van der Waals surface area contributed by atoms with E-state index in [1.165, 1.54) is 17.7 Å². The van der Waals surface area contributed by atoms with E-state index in [0.717, 1.165) is 0 Å². The molecule has 0 amide bonds. The Balaban J connectivity index is 2.17. The fourth-order valence-electron chi connectivity index (χ4n) is 3.22. The topological polar surface area (TPSA) is 0 Å². The van der Waals surface area contributed by atoms with Crippen LogP contribution in [0.5, 0.6) is 0 Å². The van der Waals surface area contributed by atoms with Crippen LogP contribution in [0.1, 0.15) is 11.1 Å². The monoisotopic (exact) mass is 356 g/mol. The first-order chi connectivity index (χ1) is 10.8. The molecule has 0 saturated heterocycles. The Hall–Kier alpha value is -0.909. The Labute approximate surface area is 147 Å². The molecule has 0 unspecified atom stereocenters. The first-order valence-corrected chi connectivity index (χ1v) is 18.2. The van der Waals surface area contributed by atoms with Gasteiger partial charge in [0.15, 0.2) is 0 Å². The highest BCUT2D eigenvalue weighted by atomic mass is 28.3. The molecule has 124 valence electrons. The predicted octanol–water partition coefficient (Wildman–Crippen LogP) is 3.65. The van der Waals surface area contributed by atoms with Crippen LogP contribution in [0.3, 0.4) is 0 Å². The molecule has 2 aromatic rings. The van der Waals surface area contributed by atoms with E-state index in [4.69, 9.17) is 0 Å². The van der Waals surface area contributed by atoms with Crippen molar-refractivity contribution in [3.05, 3.63) is 59.7 Å². The second kappa shape index (κ2) is 7.77. The summed E-state index contributed by atoms with van der Waals surface area (Å²) in [5.41, 5.74) is 3.08. The lowest BCUT2D eigenvalue weighted by atomic mass is 10.2. The van der Waals surface area contributed by atoms with Gasteiger partial charge in [-0.25, -0.2) is 0 Å². The third-order valence-corrected chi connectivity index (χ3v) is 10.8. The highest BCUT2D eigenvalue weighted by Gasteiger charge is 2.24. The largest absolute Gasteiger partial charge is 0.0849 e. The number of hydrogen-bond acceptors (Lipinski definition) is 0. The van der Waals surface area contributed by atoms with E-state index in [-0.39, 0.29) is 0 Å². The van der Waals surface area contributed by atoms with Crippen molar-refractivity contribution in [3.8, 4) is 0 Å². The van der Waals surface area contributed by atoms with Crippen LogP contribution in [-0.2, 0) is 12.1 Å². The van der Waals surface area contributed by atoms with Gasteiger partial charge < -0.3 is 0 Å². The molecule has 3 heteroatoms. The molecule has 0 radical (unpaired) electrons. The molecule has 0 heterocycles. The zero-order valence-corrected chi connectivity index (χ0v) is 19.0. The summed E-state index contributed by atoms with van der Waals surface area (Å²) in [6.07, 6.45) is 0. The Bertz CT molecular complexity index is 628. The van der Waals surface area contributed by atoms with Gasteiger partial charge >= 0.3 is 0 Å². The summed E-state index contributed by atoms with van der Waals surface area (Å²) in [4.78, 5) is 0. The molecule has 0 aromatic heterocycles. The van der Waals surface area contributed by atoms with E-state index >= 15 is 0 Å². The zero-order chi connectivity index (χ0) is 17.0. The van der Waals surface area contributed by atoms with Gasteiger partial charge in [-0.2, -0.15) is 0 Å². The quantitative estimate of drug-likeness (QED) is 0.693. The van der Waals surface area contributed by atoms with Gasteiger partial charge in [-0.15, -0.1) is 0 Å². The van der Waals surface area contributed by atoms with Crippen molar-refractivity contribution in [3.63, 3.8) is 0 Å². The molecule has 0 fully saturated rings. The van der Waals surface area contributed by atoms with E-state index in [2.05, 4.69) is 87.8 Å². The molecule has 0 bridgehead atoms. The molecule has 23 heavy (non-hydrogen) atoms. The van der Waals surface area contributed by atoms with Crippen LogP contribution in [0, 0.1) is 0 Å². The molecule has 0 N–H and O–H groups in total. The predicted molar refractivity (Wildman–Crippen MR) is 115 cm³/mol. The van der Waals surface area contributed by atoms with E-state index < -0.39 is 25.7 Å². The third-order valence-electron chi connectivity index (χ3n) is 4.64. The normalized spacial score (nSPS) is 12.2. The third kappa shape index (κ3) is 5.30. The fourth-order valence-corrected chi connectivity index (χ4v) is 7.97. The summed E-state index contributed by atoms with van der Waals surface area (Å²) < 4.78 is 0. The van der Waals surface area contributed by atoms with Crippen molar-refractivity contribution in [1.82, 2.24) is 0 Å². The smallest absolute Gasteiger partial charge is 0.0719 e. The van der Waals surface area contributed by atoms with Gasteiger partial charge in [-0.05, 0) is 12.1 Å². The summed E-state index contributed by atoms with van der Waals surface area (Å²) in [7, 11) is -2.62. The molecule has 0 saturated carbocycles. The van der Waals surface area contributed by atoms with Gasteiger partial charge in [0.1, 0.15) is 0 Å². The highest BCUT2D eigenvalue weighted by molar-refractivity contribution is 6.89. The van der Waals surface area contributed by atoms with Crippen molar-refractivity contribution in [1.29, 1.82) is 0 Å². The minimum absolute atomic E-state index is 0.536. The molecule has 2 rings (SSSR count). The van der Waals surface area contributed by atoms with Gasteiger partial charge in [-0.1, -0.05) is 109 Å². The lowest BCUT2D eigenvalue weighted by Crippen LogP contribution is -2.44. The van der Waals surface area contributed by atoms with E-state index in [0.29, 0.717) is 0 Å². The lowest BCUT2D eigenvalue weighted by Gasteiger charge is -2.24. The summed E-state index contributed by atoms with van der Waals surface area (Å²) in [5, 5.41) is 3.20. The first-order valence-electron chi connectivity index (χ1n) is 8.96. The molecule has 0 aliphatic rings. The number of benzene rings is 2. The molecule has 0 aliphatic heterocycles. The van der Waals surface area contributed by atoms with Crippen LogP contribution in [0.2, 0.25) is 39.3 Å². The Morgan fingerprint density at radius 3 is 2.04 bits per heavy atom. The van der Waals surface area contributed by atoms with Gasteiger partial charge in [-0.3, -0.25) is 0 Å². The van der Waals surface area contributed by atoms with Crippen molar-refractivity contribution >= 4 is 36.0 Å². The Morgan fingerprint density at radius 2 is 1.48 bits per heavy atom. The minimum atomic E-state index is -1.42. The average Bonchev–Trinajstić information content (AvgIpc) is 2.47. The highest BCUT2D eigenvalue weighted by Crippen LogP contribution is 2.14. The van der Waals surface area contributed by atoms with Crippen LogP contribution in [0.15, 0.2) is 48.5 Å². The van der Waals surface area contributed by atoms with E-state index in [1.54, 1.807) is 15.9 Å². The fraction of sp³-hybridized carbons (Fsp3) is 0.400. The molecule has 0 aliphatic carbocycles. The maximum atomic E-state index is 2.52. The number of rotatable bonds is 6. The number of hydrogen-bond donors (Lipinski definition) is 0. The first kappa shape index (κ1) is 18.4. The lowest BCUT2D eigenvalue weighted by molar-refractivity contribution is 1.31. The van der Waals surface area contributed by atoms with Crippen LogP contribution in [-0.4, -0.2) is 25.7 Å². The van der Waals surface area contributed by atoms with Crippen LogP contribution < -0.4 is 10.4 Å². The van der Waals surface area contributed by atoms with Gasteiger partial charge in [0.2, 0.25) is 0 Å². The molecule has 0 spiro atoms. The van der Waals surface area contributed by atoms with Crippen LogP contribution >= 0.6 is 0 Å². The second-order valence-corrected chi connectivity index (χ2v) is 19.1. The van der Waals surface area contributed by atoms with Crippen molar-refractivity contribution in [2.75, 3.05) is 0 Å². The maximum absolute atomic E-state index is 2.52. The molecule has 0 nitrogen and oxygen atoms in total. The Kier molecular flexibility index (Phi) is 6.23. The average molecular weight is 357 g/mol. The van der Waals surface area contributed by atoms with Gasteiger partial charge in [0, 0.05) is 8.80 Å². The van der Waals surface area contributed by atoms with E-state index in [9.17, 15) is 0 Å². The Morgan fingerprint density at radius 1 is 0.826 bits per heavy atom. The molecular formula is C20H32Si3. The van der Waals surface area contributed by atoms with E-state index in [1.807, 2.05) is 0 Å². The summed E-state index contributed by atoms with van der Waals surface area (Å²) >= 11 is 0. The van der Waals surface area contributed by atoms with Crippen molar-refractivity contribution in [2.45, 2.75) is 51.4 Å². The zero-order valence-electron chi connectivity index (χ0n) is 15.7. The molecule has 2 aromatic carbocycles. The minimum Gasteiger partial charge on any atom is -0.0719 e. The maximum Gasteiger partial charge on any atom is 0.0849 e. The second-order valence-electron chi connectivity index (χ2n) is 8.26. The molecular weight excluding hydrogens is 324 g/mol. The van der Waals surface area contributed by atoms with Gasteiger partial charge in [0.05, 0.1) is 16.9 Å². The summed E-state index contributed by atoms with van der Waals surface area (Å²) in [5.74, 6) is 0. The molecule has 0 atom stereocenters. The van der Waals surface area contributed by atoms with Crippen molar-refractivity contribution < 1.29 is 0 Å². The van der Waals surface area contributed by atoms with Crippen LogP contribution in [0.4, 0.5) is 0 Å². The van der Waals surface area contributed by atoms with Crippen LogP contribution in [0.25, 0.3) is 0 Å². The standard InChI is InChI=1S/C20H32Si3/c1-21(2)15-18-8-7-9-20(14-18)23(5,6)16-17-10-12-19(13-11-17)22(3)4/h7-14,21-22H,15-16H2,1-6H3. The SMILES string of the molecule is C[SiH](C)Cc1cccc([Si](C)(C)Cc2ccc([SiH](C)C)cc2)c1. The summed E-state index contributed by atoms with van der Waals surface area (Å²) in [6.45, 7) is 14.7. The van der Waals surface area contributed by atoms with Crippen molar-refractivity contribution in [2.24, 2.45) is 0 Å².